The third kappa shape index (κ3) is 4.09. The van der Waals surface area contributed by atoms with E-state index in [9.17, 15) is 4.79 Å². The Morgan fingerprint density at radius 2 is 2.43 bits per heavy atom. The molecule has 0 bridgehead atoms. The molecular weight excluding hydrogens is 218 g/mol. The maximum atomic E-state index is 11.6. The lowest BCUT2D eigenvalue weighted by atomic mass is 10.2. The van der Waals surface area contributed by atoms with Crippen LogP contribution in [0.5, 0.6) is 0 Å². The van der Waals surface area contributed by atoms with Gasteiger partial charge < -0.3 is 5.32 Å². The number of halogens is 1. The van der Waals surface area contributed by atoms with Crippen LogP contribution in [0.25, 0.3) is 0 Å². The van der Waals surface area contributed by atoms with Crippen molar-refractivity contribution < 1.29 is 4.79 Å². The zero-order valence-electron chi connectivity index (χ0n) is 8.59. The van der Waals surface area contributed by atoms with Crippen LogP contribution in [0.15, 0.2) is 0 Å². The largest absolute Gasteiger partial charge is 0.354 e. The first kappa shape index (κ1) is 12.2. The lowest BCUT2D eigenvalue weighted by Crippen LogP contribution is -2.37. The number of nitrogens with one attached hydrogen (secondary N) is 1. The van der Waals surface area contributed by atoms with Crippen LogP contribution < -0.4 is 5.32 Å². The summed E-state index contributed by atoms with van der Waals surface area (Å²) in [7, 11) is 0. The van der Waals surface area contributed by atoms with Crippen molar-refractivity contribution in [2.75, 3.05) is 12.3 Å². The summed E-state index contributed by atoms with van der Waals surface area (Å²) in [5.74, 6) is 1.30. The van der Waals surface area contributed by atoms with Crippen LogP contribution in [-0.2, 0) is 4.79 Å². The highest BCUT2D eigenvalue weighted by Gasteiger charge is 2.21. The van der Waals surface area contributed by atoms with E-state index in [0.29, 0.717) is 6.54 Å². The van der Waals surface area contributed by atoms with Crippen molar-refractivity contribution >= 4 is 29.3 Å². The maximum Gasteiger partial charge on any atom is 0.233 e. The Bertz CT molecular complexity index is 183. The molecule has 2 unspecified atom stereocenters. The Hall–Kier alpha value is 0.110. The van der Waals surface area contributed by atoms with Gasteiger partial charge in [-0.15, -0.1) is 23.4 Å². The van der Waals surface area contributed by atoms with E-state index in [1.807, 2.05) is 6.92 Å². The number of amides is 1. The molecule has 1 fully saturated rings. The third-order valence-electron chi connectivity index (χ3n) is 2.41. The molecule has 0 spiro atoms. The van der Waals surface area contributed by atoms with Crippen LogP contribution in [0.3, 0.4) is 0 Å². The number of carbonyl (C=O) groups is 1. The number of hydrogen-bond donors (Lipinski definition) is 1. The third-order valence-corrected chi connectivity index (χ3v) is 4.25. The highest BCUT2D eigenvalue weighted by atomic mass is 35.5. The number of rotatable bonds is 4. The quantitative estimate of drug-likeness (QED) is 0.759. The van der Waals surface area contributed by atoms with Crippen molar-refractivity contribution in [3.05, 3.63) is 0 Å². The van der Waals surface area contributed by atoms with E-state index in [2.05, 4.69) is 5.32 Å². The van der Waals surface area contributed by atoms with Gasteiger partial charge in [0.25, 0.3) is 0 Å². The summed E-state index contributed by atoms with van der Waals surface area (Å²) in [6.07, 6.45) is 4.36. The number of thioether (sulfide) groups is 1. The molecule has 2 nitrogen and oxygen atoms in total. The molecule has 0 aromatic heterocycles. The van der Waals surface area contributed by atoms with Gasteiger partial charge in [-0.1, -0.05) is 13.3 Å². The topological polar surface area (TPSA) is 29.1 Å². The molecular formula is C10H18ClNOS. The van der Waals surface area contributed by atoms with Gasteiger partial charge in [0.1, 0.15) is 0 Å². The van der Waals surface area contributed by atoms with E-state index >= 15 is 0 Å². The van der Waals surface area contributed by atoms with Gasteiger partial charge in [-0.25, -0.2) is 0 Å². The number of alkyl halides is 1. The first-order chi connectivity index (χ1) is 6.74. The molecule has 0 radical (unpaired) electrons. The van der Waals surface area contributed by atoms with Crippen molar-refractivity contribution in [1.29, 1.82) is 0 Å². The minimum absolute atomic E-state index is 0.0764. The Balaban J connectivity index is 2.19. The van der Waals surface area contributed by atoms with E-state index in [-0.39, 0.29) is 16.5 Å². The highest BCUT2D eigenvalue weighted by Crippen LogP contribution is 2.24. The molecule has 4 heteroatoms. The fourth-order valence-electron chi connectivity index (χ4n) is 1.42. The second-order valence-corrected chi connectivity index (χ2v) is 5.53. The molecule has 1 aliphatic heterocycles. The first-order valence-corrected chi connectivity index (χ1v) is 6.76. The van der Waals surface area contributed by atoms with Crippen LogP contribution in [0.1, 0.15) is 32.6 Å². The SMILES string of the molecule is CCC(Cl)CNC(=O)C1CCCCS1. The van der Waals surface area contributed by atoms with E-state index in [4.69, 9.17) is 11.6 Å². The summed E-state index contributed by atoms with van der Waals surface area (Å²) in [6, 6.07) is 0. The summed E-state index contributed by atoms with van der Waals surface area (Å²) < 4.78 is 0. The Labute approximate surface area is 95.2 Å². The molecule has 2 atom stereocenters. The highest BCUT2D eigenvalue weighted by molar-refractivity contribution is 8.00. The molecule has 1 aliphatic rings. The summed E-state index contributed by atoms with van der Waals surface area (Å²) in [6.45, 7) is 2.63. The molecule has 0 aliphatic carbocycles. The minimum Gasteiger partial charge on any atom is -0.354 e. The zero-order valence-corrected chi connectivity index (χ0v) is 10.2. The van der Waals surface area contributed by atoms with Crippen molar-refractivity contribution in [3.8, 4) is 0 Å². The summed E-state index contributed by atoms with van der Waals surface area (Å²) >= 11 is 7.70. The van der Waals surface area contributed by atoms with Gasteiger partial charge >= 0.3 is 0 Å². The molecule has 0 aromatic rings. The maximum absolute atomic E-state index is 11.6. The van der Waals surface area contributed by atoms with Gasteiger partial charge in [-0.05, 0) is 25.0 Å². The number of carbonyl (C=O) groups excluding carboxylic acids is 1. The molecule has 1 amide bonds. The molecule has 1 saturated heterocycles. The van der Waals surface area contributed by atoms with Gasteiger partial charge in [-0.2, -0.15) is 0 Å². The molecule has 0 saturated carbocycles. The molecule has 0 aromatic carbocycles. The first-order valence-electron chi connectivity index (χ1n) is 5.27. The van der Waals surface area contributed by atoms with Crippen molar-refractivity contribution in [2.45, 2.75) is 43.2 Å². The lowest BCUT2D eigenvalue weighted by molar-refractivity contribution is -0.120. The smallest absolute Gasteiger partial charge is 0.233 e. The zero-order chi connectivity index (χ0) is 10.4. The molecule has 1 heterocycles. The van der Waals surface area contributed by atoms with Crippen LogP contribution in [0.2, 0.25) is 0 Å². The summed E-state index contributed by atoms with van der Waals surface area (Å²) in [4.78, 5) is 11.6. The molecule has 1 rings (SSSR count). The van der Waals surface area contributed by atoms with Gasteiger partial charge in [0.05, 0.1) is 10.6 Å². The predicted molar refractivity (Wildman–Crippen MR) is 63.0 cm³/mol. The van der Waals surface area contributed by atoms with E-state index in [1.165, 1.54) is 12.8 Å². The summed E-state index contributed by atoms with van der Waals surface area (Å²) in [5, 5.41) is 3.16. The van der Waals surface area contributed by atoms with E-state index < -0.39 is 0 Å². The van der Waals surface area contributed by atoms with Crippen molar-refractivity contribution in [3.63, 3.8) is 0 Å². The van der Waals surface area contributed by atoms with Crippen molar-refractivity contribution in [1.82, 2.24) is 5.32 Å². The normalized spacial score (nSPS) is 24.3. The predicted octanol–water partition coefficient (Wildman–Crippen LogP) is 2.41. The van der Waals surface area contributed by atoms with Crippen molar-refractivity contribution in [2.24, 2.45) is 0 Å². The molecule has 82 valence electrons. The van der Waals surface area contributed by atoms with Crippen LogP contribution in [-0.4, -0.2) is 28.8 Å². The fourth-order valence-corrected chi connectivity index (χ4v) is 2.72. The molecule has 1 N–H and O–H groups in total. The Kier molecular flexibility index (Phi) is 5.71. The van der Waals surface area contributed by atoms with E-state index in [0.717, 1.165) is 18.6 Å². The van der Waals surface area contributed by atoms with Gasteiger partial charge in [0.15, 0.2) is 0 Å². The molecule has 14 heavy (non-hydrogen) atoms. The second kappa shape index (κ2) is 6.57. The standard InChI is InChI=1S/C10H18ClNOS/c1-2-8(11)7-12-10(13)9-5-3-4-6-14-9/h8-9H,2-7H2,1H3,(H,12,13). The van der Waals surface area contributed by atoms with Crippen LogP contribution in [0, 0.1) is 0 Å². The lowest BCUT2D eigenvalue weighted by Gasteiger charge is -2.20. The van der Waals surface area contributed by atoms with Gasteiger partial charge in [0, 0.05) is 6.54 Å². The Morgan fingerprint density at radius 3 is 3.00 bits per heavy atom. The Morgan fingerprint density at radius 1 is 1.64 bits per heavy atom. The van der Waals surface area contributed by atoms with Crippen LogP contribution >= 0.6 is 23.4 Å². The average molecular weight is 236 g/mol. The average Bonchev–Trinajstić information content (AvgIpc) is 2.26. The minimum atomic E-state index is 0.0764. The second-order valence-electron chi connectivity index (χ2n) is 3.61. The summed E-state index contributed by atoms with van der Waals surface area (Å²) in [5.41, 5.74) is 0. The van der Waals surface area contributed by atoms with Gasteiger partial charge in [0.2, 0.25) is 5.91 Å². The van der Waals surface area contributed by atoms with Gasteiger partial charge in [-0.3, -0.25) is 4.79 Å². The monoisotopic (exact) mass is 235 g/mol. The fraction of sp³-hybridized carbons (Fsp3) is 0.900. The number of hydrogen-bond acceptors (Lipinski definition) is 2. The van der Waals surface area contributed by atoms with E-state index in [1.54, 1.807) is 11.8 Å². The van der Waals surface area contributed by atoms with Crippen LogP contribution in [0.4, 0.5) is 0 Å².